The van der Waals surface area contributed by atoms with Crippen LogP contribution in [0.1, 0.15) is 18.4 Å². The van der Waals surface area contributed by atoms with E-state index in [2.05, 4.69) is 40.6 Å². The van der Waals surface area contributed by atoms with Crippen molar-refractivity contribution in [2.75, 3.05) is 47.3 Å². The zero-order chi connectivity index (χ0) is 17.5. The maximum absolute atomic E-state index is 12.2. The lowest BCUT2D eigenvalue weighted by atomic mass is 10.0. The fraction of sp³-hybridized carbons (Fsp3) is 0.667. The Morgan fingerprint density at radius 3 is 2.50 bits per heavy atom. The Labute approximate surface area is 144 Å². The standard InChI is InChI=1S/C18H29F2N3O/c1-21(2)11-12-22(3)16-5-4-10-23(14-16)13-15-6-8-17(9-7-15)24-18(19)20/h6-9,16,18H,4-5,10-14H2,1-3H3/t16-/m1/s1. The van der Waals surface area contributed by atoms with Gasteiger partial charge in [0.15, 0.2) is 0 Å². The molecule has 0 unspecified atom stereocenters. The van der Waals surface area contributed by atoms with Crippen molar-refractivity contribution in [2.45, 2.75) is 32.0 Å². The SMILES string of the molecule is CN(C)CCN(C)[C@@H]1CCCN(Cc2ccc(OC(F)F)cc2)C1. The molecule has 1 aliphatic rings. The maximum atomic E-state index is 12.2. The monoisotopic (exact) mass is 341 g/mol. The second kappa shape index (κ2) is 9.30. The number of benzene rings is 1. The van der Waals surface area contributed by atoms with Crippen molar-refractivity contribution in [3.63, 3.8) is 0 Å². The minimum absolute atomic E-state index is 0.216. The van der Waals surface area contributed by atoms with E-state index in [1.54, 1.807) is 12.1 Å². The molecule has 6 heteroatoms. The van der Waals surface area contributed by atoms with E-state index in [0.29, 0.717) is 6.04 Å². The number of piperidine rings is 1. The van der Waals surface area contributed by atoms with Gasteiger partial charge in [0.2, 0.25) is 0 Å². The number of likely N-dealkylation sites (N-methyl/N-ethyl adjacent to an activating group) is 2. The molecule has 0 radical (unpaired) electrons. The molecule has 136 valence electrons. The van der Waals surface area contributed by atoms with E-state index in [1.165, 1.54) is 12.8 Å². The Kier molecular flexibility index (Phi) is 7.40. The first-order valence-corrected chi connectivity index (χ1v) is 8.55. The van der Waals surface area contributed by atoms with E-state index >= 15 is 0 Å². The van der Waals surface area contributed by atoms with Crippen LogP contribution in [-0.2, 0) is 6.54 Å². The molecule has 0 aromatic heterocycles. The van der Waals surface area contributed by atoms with Gasteiger partial charge in [0.05, 0.1) is 0 Å². The number of hydrogen-bond donors (Lipinski definition) is 0. The van der Waals surface area contributed by atoms with Crippen LogP contribution >= 0.6 is 0 Å². The summed E-state index contributed by atoms with van der Waals surface area (Å²) in [6, 6.07) is 7.56. The summed E-state index contributed by atoms with van der Waals surface area (Å²) >= 11 is 0. The minimum Gasteiger partial charge on any atom is -0.435 e. The fourth-order valence-electron chi connectivity index (χ4n) is 3.11. The van der Waals surface area contributed by atoms with Gasteiger partial charge in [0.25, 0.3) is 0 Å². The lowest BCUT2D eigenvalue weighted by Gasteiger charge is -2.38. The lowest BCUT2D eigenvalue weighted by Crippen LogP contribution is -2.47. The quantitative estimate of drug-likeness (QED) is 0.724. The van der Waals surface area contributed by atoms with Crippen molar-refractivity contribution >= 4 is 0 Å². The molecule has 1 fully saturated rings. The summed E-state index contributed by atoms with van der Waals surface area (Å²) in [5.41, 5.74) is 1.13. The highest BCUT2D eigenvalue weighted by atomic mass is 19.3. The Morgan fingerprint density at radius 1 is 1.17 bits per heavy atom. The largest absolute Gasteiger partial charge is 0.435 e. The van der Waals surface area contributed by atoms with Gasteiger partial charge in [-0.25, -0.2) is 0 Å². The summed E-state index contributed by atoms with van der Waals surface area (Å²) < 4.78 is 28.8. The molecule has 0 aliphatic carbocycles. The van der Waals surface area contributed by atoms with Crippen molar-refractivity contribution in [1.82, 2.24) is 14.7 Å². The van der Waals surface area contributed by atoms with E-state index in [-0.39, 0.29) is 5.75 Å². The van der Waals surface area contributed by atoms with Crippen LogP contribution in [-0.4, -0.2) is 74.7 Å². The zero-order valence-electron chi connectivity index (χ0n) is 14.9. The van der Waals surface area contributed by atoms with E-state index in [1.807, 2.05) is 12.1 Å². The number of halogens is 2. The normalized spacial score (nSPS) is 19.4. The molecule has 2 rings (SSSR count). The summed E-state index contributed by atoms with van der Waals surface area (Å²) in [6.07, 6.45) is 2.44. The first-order chi connectivity index (χ1) is 11.4. The first-order valence-electron chi connectivity index (χ1n) is 8.55. The summed E-state index contributed by atoms with van der Waals surface area (Å²) in [4.78, 5) is 7.11. The number of ether oxygens (including phenoxy) is 1. The molecule has 0 spiro atoms. The molecule has 1 aromatic carbocycles. The van der Waals surface area contributed by atoms with Crippen molar-refractivity contribution < 1.29 is 13.5 Å². The molecule has 1 saturated heterocycles. The highest BCUT2D eigenvalue weighted by Gasteiger charge is 2.23. The first kappa shape index (κ1) is 19.1. The van der Waals surface area contributed by atoms with Crippen molar-refractivity contribution in [2.24, 2.45) is 0 Å². The molecule has 1 aromatic rings. The van der Waals surface area contributed by atoms with Gasteiger partial charge in [-0.1, -0.05) is 12.1 Å². The predicted octanol–water partition coefficient (Wildman–Crippen LogP) is 2.75. The minimum atomic E-state index is -2.77. The van der Waals surface area contributed by atoms with Crippen LogP contribution in [0.3, 0.4) is 0 Å². The van der Waals surface area contributed by atoms with Gasteiger partial charge < -0.3 is 14.5 Å². The van der Waals surface area contributed by atoms with Crippen LogP contribution in [0.2, 0.25) is 0 Å². The Hall–Kier alpha value is -1.24. The van der Waals surface area contributed by atoms with Crippen molar-refractivity contribution in [1.29, 1.82) is 0 Å². The number of hydrogen-bond acceptors (Lipinski definition) is 4. The van der Waals surface area contributed by atoms with E-state index in [4.69, 9.17) is 0 Å². The summed E-state index contributed by atoms with van der Waals surface area (Å²) in [6.45, 7) is 2.37. The predicted molar refractivity (Wildman–Crippen MR) is 92.6 cm³/mol. The van der Waals surface area contributed by atoms with Crippen molar-refractivity contribution in [3.05, 3.63) is 29.8 Å². The van der Waals surface area contributed by atoms with Crippen LogP contribution in [0.15, 0.2) is 24.3 Å². The van der Waals surface area contributed by atoms with Gasteiger partial charge in [-0.3, -0.25) is 4.90 Å². The summed E-state index contributed by atoms with van der Waals surface area (Å²) in [7, 11) is 6.40. The molecular formula is C18H29F2N3O. The van der Waals surface area contributed by atoms with E-state index in [9.17, 15) is 8.78 Å². The van der Waals surface area contributed by atoms with Crippen LogP contribution in [0.5, 0.6) is 5.75 Å². The van der Waals surface area contributed by atoms with Crippen LogP contribution < -0.4 is 4.74 Å². The molecule has 0 N–H and O–H groups in total. The third-order valence-corrected chi connectivity index (χ3v) is 4.56. The van der Waals surface area contributed by atoms with Gasteiger partial charge in [-0.05, 0) is 58.2 Å². The molecule has 1 heterocycles. The molecule has 0 bridgehead atoms. The number of nitrogens with zero attached hydrogens (tertiary/aromatic N) is 3. The second-order valence-corrected chi connectivity index (χ2v) is 6.84. The molecule has 0 amide bonds. The van der Waals surface area contributed by atoms with Gasteiger partial charge in [-0.2, -0.15) is 8.78 Å². The maximum Gasteiger partial charge on any atom is 0.387 e. The highest BCUT2D eigenvalue weighted by Crippen LogP contribution is 2.19. The van der Waals surface area contributed by atoms with Gasteiger partial charge in [0.1, 0.15) is 5.75 Å². The molecule has 1 atom stereocenters. The average Bonchev–Trinajstić information content (AvgIpc) is 2.54. The molecule has 24 heavy (non-hydrogen) atoms. The molecule has 1 aliphatic heterocycles. The summed E-state index contributed by atoms with van der Waals surface area (Å²) in [5, 5.41) is 0. The third-order valence-electron chi connectivity index (χ3n) is 4.56. The van der Waals surface area contributed by atoms with Crippen LogP contribution in [0.25, 0.3) is 0 Å². The number of alkyl halides is 2. The van der Waals surface area contributed by atoms with Crippen LogP contribution in [0, 0.1) is 0 Å². The lowest BCUT2D eigenvalue weighted by molar-refractivity contribution is -0.0498. The molecule has 4 nitrogen and oxygen atoms in total. The smallest absolute Gasteiger partial charge is 0.387 e. The average molecular weight is 341 g/mol. The highest BCUT2D eigenvalue weighted by molar-refractivity contribution is 5.27. The van der Waals surface area contributed by atoms with Gasteiger partial charge in [0, 0.05) is 32.2 Å². The topological polar surface area (TPSA) is 19.0 Å². The third kappa shape index (κ3) is 6.34. The van der Waals surface area contributed by atoms with Gasteiger partial charge in [-0.15, -0.1) is 0 Å². The Morgan fingerprint density at radius 2 is 1.88 bits per heavy atom. The van der Waals surface area contributed by atoms with Gasteiger partial charge >= 0.3 is 6.61 Å². The summed E-state index contributed by atoms with van der Waals surface area (Å²) in [5.74, 6) is 0.216. The number of likely N-dealkylation sites (tertiary alicyclic amines) is 1. The molecular weight excluding hydrogens is 312 g/mol. The Bertz CT molecular complexity index is 482. The second-order valence-electron chi connectivity index (χ2n) is 6.84. The van der Waals surface area contributed by atoms with E-state index in [0.717, 1.165) is 38.3 Å². The van der Waals surface area contributed by atoms with Crippen molar-refractivity contribution in [3.8, 4) is 5.75 Å². The Balaban J connectivity index is 1.83. The zero-order valence-corrected chi connectivity index (χ0v) is 14.9. The van der Waals surface area contributed by atoms with E-state index < -0.39 is 6.61 Å². The molecule has 0 saturated carbocycles. The fourth-order valence-corrected chi connectivity index (χ4v) is 3.11. The number of rotatable bonds is 8. The van der Waals surface area contributed by atoms with Crippen LogP contribution in [0.4, 0.5) is 8.78 Å².